The van der Waals surface area contributed by atoms with E-state index in [0.717, 1.165) is 11.3 Å². The number of para-hydroxylation sites is 1. The minimum Gasteiger partial charge on any atom is -0.483 e. The van der Waals surface area contributed by atoms with Gasteiger partial charge in [-0.2, -0.15) is 0 Å². The number of carbonyl (C=O) groups is 1. The molecule has 0 aliphatic heterocycles. The molecule has 0 aliphatic rings. The number of hydrogen-bond acceptors (Lipinski definition) is 2. The number of carbonyl (C=O) groups excluding carboxylic acids is 1. The van der Waals surface area contributed by atoms with E-state index in [1.807, 2.05) is 31.2 Å². The van der Waals surface area contributed by atoms with Crippen LogP contribution in [0.25, 0.3) is 0 Å². The van der Waals surface area contributed by atoms with Crippen molar-refractivity contribution in [2.75, 3.05) is 5.88 Å². The number of Topliss-reactive ketones (excluding diaryl/α,β-unsaturated/α-hetero) is 1. The normalized spacial score (nSPS) is 12.2. The van der Waals surface area contributed by atoms with Gasteiger partial charge in [0.2, 0.25) is 0 Å². The Morgan fingerprint density at radius 1 is 1.50 bits per heavy atom. The van der Waals surface area contributed by atoms with Crippen LogP contribution in [0.1, 0.15) is 12.5 Å². The van der Waals surface area contributed by atoms with Crippen molar-refractivity contribution in [2.24, 2.45) is 0 Å². The molecule has 0 saturated carbocycles. The van der Waals surface area contributed by atoms with Crippen molar-refractivity contribution in [3.8, 4) is 5.75 Å². The van der Waals surface area contributed by atoms with Crippen molar-refractivity contribution in [3.63, 3.8) is 0 Å². The second kappa shape index (κ2) is 5.01. The van der Waals surface area contributed by atoms with E-state index in [1.165, 1.54) is 0 Å². The number of halogens is 1. The first-order valence-corrected chi connectivity index (χ1v) is 4.99. The molecule has 1 aromatic rings. The van der Waals surface area contributed by atoms with E-state index >= 15 is 0 Å². The van der Waals surface area contributed by atoms with Crippen molar-refractivity contribution >= 4 is 17.4 Å². The van der Waals surface area contributed by atoms with Gasteiger partial charge in [-0.15, -0.1) is 11.6 Å². The molecule has 0 fully saturated rings. The Labute approximate surface area is 88.8 Å². The summed E-state index contributed by atoms with van der Waals surface area (Å²) in [5.41, 5.74) is 1.02. The predicted molar refractivity (Wildman–Crippen MR) is 57.0 cm³/mol. The first-order chi connectivity index (χ1) is 6.65. The number of aryl methyl sites for hydroxylation is 1. The van der Waals surface area contributed by atoms with E-state index in [1.54, 1.807) is 6.92 Å². The van der Waals surface area contributed by atoms with Gasteiger partial charge in [-0.25, -0.2) is 0 Å². The zero-order valence-corrected chi connectivity index (χ0v) is 9.04. The average molecular weight is 213 g/mol. The zero-order valence-electron chi connectivity index (χ0n) is 8.29. The summed E-state index contributed by atoms with van der Waals surface area (Å²) in [5, 5.41) is 0. The molecule has 0 bridgehead atoms. The topological polar surface area (TPSA) is 26.3 Å². The average Bonchev–Trinajstić information content (AvgIpc) is 2.20. The summed E-state index contributed by atoms with van der Waals surface area (Å²) in [6, 6.07) is 7.58. The Kier molecular flexibility index (Phi) is 3.96. The van der Waals surface area contributed by atoms with E-state index in [0.29, 0.717) is 0 Å². The highest BCUT2D eigenvalue weighted by atomic mass is 35.5. The summed E-state index contributed by atoms with van der Waals surface area (Å²) in [6.07, 6.45) is -0.478. The Morgan fingerprint density at radius 2 is 2.14 bits per heavy atom. The molecule has 0 amide bonds. The van der Waals surface area contributed by atoms with E-state index < -0.39 is 6.10 Å². The number of rotatable bonds is 4. The van der Waals surface area contributed by atoms with Crippen molar-refractivity contribution in [3.05, 3.63) is 29.8 Å². The van der Waals surface area contributed by atoms with Crippen LogP contribution in [0.4, 0.5) is 0 Å². The largest absolute Gasteiger partial charge is 0.483 e. The van der Waals surface area contributed by atoms with Crippen LogP contribution in [0.3, 0.4) is 0 Å². The molecule has 14 heavy (non-hydrogen) atoms. The molecular formula is C11H13ClO2. The Balaban J connectivity index is 2.69. The van der Waals surface area contributed by atoms with Crippen LogP contribution in [0.2, 0.25) is 0 Å². The minimum absolute atomic E-state index is 0.00690. The quantitative estimate of drug-likeness (QED) is 0.718. The molecule has 76 valence electrons. The Bertz CT molecular complexity index is 323. The molecule has 1 rings (SSSR count). The van der Waals surface area contributed by atoms with E-state index in [-0.39, 0.29) is 11.7 Å². The van der Waals surface area contributed by atoms with Gasteiger partial charge in [0.15, 0.2) is 11.9 Å². The van der Waals surface area contributed by atoms with Crippen molar-refractivity contribution in [2.45, 2.75) is 20.0 Å². The van der Waals surface area contributed by atoms with Crippen LogP contribution in [0, 0.1) is 6.92 Å². The van der Waals surface area contributed by atoms with Gasteiger partial charge in [-0.3, -0.25) is 4.79 Å². The lowest BCUT2D eigenvalue weighted by Crippen LogP contribution is -2.25. The third-order valence-corrected chi connectivity index (χ3v) is 2.25. The monoisotopic (exact) mass is 212 g/mol. The maximum atomic E-state index is 11.2. The van der Waals surface area contributed by atoms with E-state index in [4.69, 9.17) is 16.3 Å². The highest BCUT2D eigenvalue weighted by molar-refractivity contribution is 6.28. The maximum Gasteiger partial charge on any atom is 0.187 e. The summed E-state index contributed by atoms with van der Waals surface area (Å²) in [5.74, 6) is 0.626. The van der Waals surface area contributed by atoms with Crippen LogP contribution in [-0.4, -0.2) is 17.8 Å². The third-order valence-electron chi connectivity index (χ3n) is 1.98. The fourth-order valence-corrected chi connectivity index (χ4v) is 1.27. The molecule has 0 N–H and O–H groups in total. The molecule has 1 unspecified atom stereocenters. The maximum absolute atomic E-state index is 11.2. The van der Waals surface area contributed by atoms with Crippen LogP contribution in [-0.2, 0) is 4.79 Å². The van der Waals surface area contributed by atoms with Gasteiger partial charge in [-0.05, 0) is 25.5 Å². The van der Waals surface area contributed by atoms with Crippen LogP contribution in [0.5, 0.6) is 5.75 Å². The van der Waals surface area contributed by atoms with Crippen LogP contribution >= 0.6 is 11.6 Å². The fraction of sp³-hybridized carbons (Fsp3) is 0.364. The number of benzene rings is 1. The number of ketones is 1. The molecule has 1 atom stereocenters. The molecule has 0 aromatic heterocycles. The van der Waals surface area contributed by atoms with Crippen molar-refractivity contribution < 1.29 is 9.53 Å². The summed E-state index contributed by atoms with van der Waals surface area (Å²) in [6.45, 7) is 3.64. The standard InChI is InChI=1S/C11H13ClO2/c1-8-5-3-4-6-11(8)14-9(2)10(13)7-12/h3-6,9H,7H2,1-2H3. The lowest BCUT2D eigenvalue weighted by atomic mass is 10.2. The smallest absolute Gasteiger partial charge is 0.187 e. The SMILES string of the molecule is Cc1ccccc1OC(C)C(=O)CCl. The second-order valence-electron chi connectivity index (χ2n) is 3.13. The molecule has 0 aliphatic carbocycles. The zero-order chi connectivity index (χ0) is 10.6. The molecule has 0 radical (unpaired) electrons. The number of alkyl halides is 1. The van der Waals surface area contributed by atoms with Crippen LogP contribution in [0.15, 0.2) is 24.3 Å². The molecule has 0 saturated heterocycles. The molecular weight excluding hydrogens is 200 g/mol. The van der Waals surface area contributed by atoms with Crippen molar-refractivity contribution in [1.82, 2.24) is 0 Å². The second-order valence-corrected chi connectivity index (χ2v) is 3.39. The van der Waals surface area contributed by atoms with Crippen LogP contribution < -0.4 is 4.74 Å². The lowest BCUT2D eigenvalue weighted by molar-refractivity contribution is -0.122. The van der Waals surface area contributed by atoms with Gasteiger partial charge < -0.3 is 4.74 Å². The van der Waals surface area contributed by atoms with E-state index in [2.05, 4.69) is 0 Å². The third kappa shape index (κ3) is 2.74. The summed E-state index contributed by atoms with van der Waals surface area (Å²) in [4.78, 5) is 11.2. The minimum atomic E-state index is -0.478. The van der Waals surface area contributed by atoms with Gasteiger partial charge in [0.1, 0.15) is 5.75 Å². The molecule has 3 heteroatoms. The van der Waals surface area contributed by atoms with E-state index in [9.17, 15) is 4.79 Å². The Morgan fingerprint density at radius 3 is 2.71 bits per heavy atom. The Hall–Kier alpha value is -1.02. The predicted octanol–water partition coefficient (Wildman–Crippen LogP) is 2.57. The molecule has 0 heterocycles. The summed E-state index contributed by atoms with van der Waals surface area (Å²) >= 11 is 5.42. The summed E-state index contributed by atoms with van der Waals surface area (Å²) in [7, 11) is 0. The lowest BCUT2D eigenvalue weighted by Gasteiger charge is -2.13. The first kappa shape index (κ1) is 11.1. The molecule has 1 aromatic carbocycles. The molecule has 2 nitrogen and oxygen atoms in total. The van der Waals surface area contributed by atoms with Gasteiger partial charge in [-0.1, -0.05) is 18.2 Å². The fourth-order valence-electron chi connectivity index (χ4n) is 1.05. The van der Waals surface area contributed by atoms with Gasteiger partial charge in [0.05, 0.1) is 5.88 Å². The highest BCUT2D eigenvalue weighted by Gasteiger charge is 2.13. The molecule has 0 spiro atoms. The van der Waals surface area contributed by atoms with Crippen molar-refractivity contribution in [1.29, 1.82) is 0 Å². The first-order valence-electron chi connectivity index (χ1n) is 4.46. The number of hydrogen-bond donors (Lipinski definition) is 0. The van der Waals surface area contributed by atoms with Gasteiger partial charge in [0, 0.05) is 0 Å². The highest BCUT2D eigenvalue weighted by Crippen LogP contribution is 2.17. The summed E-state index contributed by atoms with van der Waals surface area (Å²) < 4.78 is 5.46. The van der Waals surface area contributed by atoms with Gasteiger partial charge in [0.25, 0.3) is 0 Å². The number of ether oxygens (including phenoxy) is 1. The van der Waals surface area contributed by atoms with Gasteiger partial charge >= 0.3 is 0 Å².